The van der Waals surface area contributed by atoms with Gasteiger partial charge in [-0.25, -0.2) is 14.4 Å². The van der Waals surface area contributed by atoms with E-state index in [1.807, 2.05) is 5.38 Å². The molecule has 4 aromatic rings. The fraction of sp³-hybridized carbons (Fsp3) is 0.0526. The van der Waals surface area contributed by atoms with Crippen LogP contribution in [0.2, 0.25) is 5.02 Å². The van der Waals surface area contributed by atoms with Gasteiger partial charge >= 0.3 is 6.18 Å². The van der Waals surface area contributed by atoms with Gasteiger partial charge in [0.05, 0.1) is 16.6 Å². The van der Waals surface area contributed by atoms with Gasteiger partial charge in [0.25, 0.3) is 0 Å². The fourth-order valence-electron chi connectivity index (χ4n) is 2.80. The van der Waals surface area contributed by atoms with Crippen molar-refractivity contribution in [3.63, 3.8) is 0 Å². The van der Waals surface area contributed by atoms with Crippen molar-refractivity contribution in [3.05, 3.63) is 70.6 Å². The molecule has 1 N–H and O–H groups in total. The predicted octanol–water partition coefficient (Wildman–Crippen LogP) is 6.91. The third-order valence-corrected chi connectivity index (χ3v) is 5.19. The lowest BCUT2D eigenvalue weighted by molar-refractivity contribution is -0.136. The molecule has 2 aromatic carbocycles. The summed E-state index contributed by atoms with van der Waals surface area (Å²) in [7, 11) is 0. The zero-order valence-corrected chi connectivity index (χ0v) is 15.5. The first-order valence-corrected chi connectivity index (χ1v) is 9.20. The third kappa shape index (κ3) is 3.53. The maximum Gasteiger partial charge on any atom is 0.418 e. The predicted molar refractivity (Wildman–Crippen MR) is 103 cm³/mol. The Bertz CT molecular complexity index is 1160. The van der Waals surface area contributed by atoms with Crippen molar-refractivity contribution < 1.29 is 17.6 Å². The summed E-state index contributed by atoms with van der Waals surface area (Å²) in [5.41, 5.74) is 0.335. The van der Waals surface area contributed by atoms with E-state index in [0.717, 1.165) is 6.07 Å². The van der Waals surface area contributed by atoms with Gasteiger partial charge in [0.15, 0.2) is 0 Å². The molecule has 4 rings (SSSR count). The smallest absolute Gasteiger partial charge is 0.339 e. The van der Waals surface area contributed by atoms with Crippen LogP contribution < -0.4 is 5.32 Å². The van der Waals surface area contributed by atoms with Gasteiger partial charge in [0.1, 0.15) is 22.8 Å². The number of hydrogen-bond acceptors (Lipinski definition) is 4. The van der Waals surface area contributed by atoms with Crippen LogP contribution in [0.15, 0.2) is 54.2 Å². The lowest BCUT2D eigenvalue weighted by Gasteiger charge is -2.15. The summed E-state index contributed by atoms with van der Waals surface area (Å²) in [6.45, 7) is 0. The molecule has 0 saturated carbocycles. The minimum absolute atomic E-state index is 0.0201. The summed E-state index contributed by atoms with van der Waals surface area (Å²) in [5.74, 6) is -0.160. The highest BCUT2D eigenvalue weighted by atomic mass is 35.5. The van der Waals surface area contributed by atoms with Gasteiger partial charge in [-0.15, -0.1) is 11.3 Å². The van der Waals surface area contributed by atoms with E-state index in [0.29, 0.717) is 21.3 Å². The Hall–Kier alpha value is -2.71. The van der Waals surface area contributed by atoms with Crippen LogP contribution >= 0.6 is 22.9 Å². The molecule has 142 valence electrons. The van der Waals surface area contributed by atoms with Crippen molar-refractivity contribution in [1.29, 1.82) is 0 Å². The standard InChI is InChI=1S/C19H10ClF4N3S/c20-11-3-6-15(14(7-11)19(22,23)24)27-17-16-13(8-28-18(16)26-9-25-17)10-1-4-12(21)5-2-10/h1-9H,(H,25,26,27). The Morgan fingerprint density at radius 1 is 1.00 bits per heavy atom. The molecule has 0 bridgehead atoms. The molecular weight excluding hydrogens is 414 g/mol. The Balaban J connectivity index is 1.85. The Morgan fingerprint density at radius 2 is 1.75 bits per heavy atom. The maximum absolute atomic E-state index is 13.4. The lowest BCUT2D eigenvalue weighted by Crippen LogP contribution is -2.09. The second-order valence-electron chi connectivity index (χ2n) is 5.87. The molecule has 2 aromatic heterocycles. The Morgan fingerprint density at radius 3 is 2.46 bits per heavy atom. The van der Waals surface area contributed by atoms with Crippen molar-refractivity contribution in [2.45, 2.75) is 6.18 Å². The van der Waals surface area contributed by atoms with Crippen LogP contribution in [0.25, 0.3) is 21.3 Å². The highest BCUT2D eigenvalue weighted by Crippen LogP contribution is 2.41. The van der Waals surface area contributed by atoms with Gasteiger partial charge in [-0.2, -0.15) is 13.2 Å². The molecule has 28 heavy (non-hydrogen) atoms. The number of hydrogen-bond donors (Lipinski definition) is 1. The molecule has 0 unspecified atom stereocenters. The van der Waals surface area contributed by atoms with E-state index in [1.54, 1.807) is 12.1 Å². The maximum atomic E-state index is 13.4. The molecule has 9 heteroatoms. The third-order valence-electron chi connectivity index (χ3n) is 4.07. The van der Waals surface area contributed by atoms with E-state index in [2.05, 4.69) is 15.3 Å². The van der Waals surface area contributed by atoms with Gasteiger partial charge < -0.3 is 5.32 Å². The molecule has 0 aliphatic rings. The van der Waals surface area contributed by atoms with E-state index in [-0.39, 0.29) is 22.3 Å². The molecule has 0 saturated heterocycles. The van der Waals surface area contributed by atoms with Gasteiger partial charge in [0.2, 0.25) is 0 Å². The zero-order chi connectivity index (χ0) is 19.9. The molecule has 3 nitrogen and oxygen atoms in total. The molecule has 0 atom stereocenters. The number of alkyl halides is 3. The first kappa shape index (κ1) is 18.6. The van der Waals surface area contributed by atoms with Gasteiger partial charge in [0, 0.05) is 16.0 Å². The number of thiophene rings is 1. The van der Waals surface area contributed by atoms with Crippen LogP contribution in [0, 0.1) is 5.82 Å². The monoisotopic (exact) mass is 423 g/mol. The van der Waals surface area contributed by atoms with Crippen LogP contribution in [0.3, 0.4) is 0 Å². The topological polar surface area (TPSA) is 37.8 Å². The number of nitrogens with one attached hydrogen (secondary N) is 1. The van der Waals surface area contributed by atoms with Gasteiger partial charge in [-0.1, -0.05) is 23.7 Å². The largest absolute Gasteiger partial charge is 0.418 e. The summed E-state index contributed by atoms with van der Waals surface area (Å²) < 4.78 is 53.5. The Kier molecular flexibility index (Phi) is 4.68. The highest BCUT2D eigenvalue weighted by Gasteiger charge is 2.34. The van der Waals surface area contributed by atoms with Gasteiger partial charge in [-0.3, -0.25) is 0 Å². The van der Waals surface area contributed by atoms with Crippen LogP contribution in [-0.4, -0.2) is 9.97 Å². The number of nitrogens with zero attached hydrogens (tertiary/aromatic N) is 2. The first-order valence-electron chi connectivity index (χ1n) is 7.95. The SMILES string of the molecule is Fc1ccc(-c2csc3ncnc(Nc4ccc(Cl)cc4C(F)(F)F)c23)cc1. The van der Waals surface area contributed by atoms with Crippen molar-refractivity contribution in [1.82, 2.24) is 9.97 Å². The molecule has 0 fully saturated rings. The minimum Gasteiger partial charge on any atom is -0.339 e. The van der Waals surface area contributed by atoms with Crippen molar-refractivity contribution in [2.75, 3.05) is 5.32 Å². The summed E-state index contributed by atoms with van der Waals surface area (Å²) in [6.07, 6.45) is -3.31. The minimum atomic E-state index is -4.59. The number of benzene rings is 2. The summed E-state index contributed by atoms with van der Waals surface area (Å²) in [5, 5.41) is 5.11. The Labute approximate surface area is 165 Å². The molecule has 2 heterocycles. The van der Waals surface area contributed by atoms with E-state index >= 15 is 0 Å². The summed E-state index contributed by atoms with van der Waals surface area (Å²) in [4.78, 5) is 8.91. The molecular formula is C19H10ClF4N3S. The second kappa shape index (κ2) is 7.03. The number of fused-ring (bicyclic) bond motifs is 1. The summed E-state index contributed by atoms with van der Waals surface area (Å²) in [6, 6.07) is 9.30. The van der Waals surface area contributed by atoms with E-state index in [9.17, 15) is 17.6 Å². The number of rotatable bonds is 3. The fourth-order valence-corrected chi connectivity index (χ4v) is 3.89. The molecule has 0 aliphatic heterocycles. The quantitative estimate of drug-likeness (QED) is 0.364. The van der Waals surface area contributed by atoms with Crippen molar-refractivity contribution in [3.8, 4) is 11.1 Å². The van der Waals surface area contributed by atoms with Gasteiger partial charge in [-0.05, 0) is 35.9 Å². The second-order valence-corrected chi connectivity index (χ2v) is 7.17. The first-order chi connectivity index (χ1) is 13.3. The van der Waals surface area contributed by atoms with E-state index in [1.165, 1.54) is 41.9 Å². The van der Waals surface area contributed by atoms with Crippen LogP contribution in [-0.2, 0) is 6.18 Å². The van der Waals surface area contributed by atoms with Crippen LogP contribution in [0.5, 0.6) is 0 Å². The summed E-state index contributed by atoms with van der Waals surface area (Å²) >= 11 is 7.06. The van der Waals surface area contributed by atoms with E-state index in [4.69, 9.17) is 11.6 Å². The zero-order valence-electron chi connectivity index (χ0n) is 13.9. The van der Waals surface area contributed by atoms with E-state index < -0.39 is 11.7 Å². The van der Waals surface area contributed by atoms with Crippen molar-refractivity contribution in [2.24, 2.45) is 0 Å². The van der Waals surface area contributed by atoms with Crippen molar-refractivity contribution >= 4 is 44.7 Å². The molecule has 0 aliphatic carbocycles. The normalized spacial score (nSPS) is 11.8. The van der Waals surface area contributed by atoms with Crippen LogP contribution in [0.4, 0.5) is 29.1 Å². The molecule has 0 amide bonds. The average molecular weight is 424 g/mol. The highest BCUT2D eigenvalue weighted by molar-refractivity contribution is 7.17. The molecule has 0 spiro atoms. The number of halogens is 5. The molecule has 0 radical (unpaired) electrons. The van der Waals surface area contributed by atoms with Crippen LogP contribution in [0.1, 0.15) is 5.56 Å². The lowest BCUT2D eigenvalue weighted by atomic mass is 10.1. The number of aromatic nitrogens is 2. The number of anilines is 2. The average Bonchev–Trinajstić information content (AvgIpc) is 3.08.